The van der Waals surface area contributed by atoms with E-state index in [2.05, 4.69) is 20.9 Å². The lowest BCUT2D eigenvalue weighted by Crippen LogP contribution is -2.23. The van der Waals surface area contributed by atoms with Crippen LogP contribution in [0.4, 0.5) is 24.4 Å². The number of amides is 3. The number of carbonyl (C=O) groups is 2. The van der Waals surface area contributed by atoms with Crippen molar-refractivity contribution in [3.63, 3.8) is 0 Å². The number of aromatic nitrogens is 1. The number of nitrogens with one attached hydrogen (secondary N) is 3. The van der Waals surface area contributed by atoms with Gasteiger partial charge in [-0.15, -0.1) is 0 Å². The number of anilines is 2. The number of thiazole rings is 1. The largest absolute Gasteiger partial charge is 0.347 e. The van der Waals surface area contributed by atoms with Crippen LogP contribution in [0.5, 0.6) is 0 Å². The lowest BCUT2D eigenvalue weighted by molar-refractivity contribution is 0.0953. The van der Waals surface area contributed by atoms with Gasteiger partial charge in [-0.3, -0.25) is 10.1 Å². The highest BCUT2D eigenvalue weighted by Crippen LogP contribution is 2.23. The van der Waals surface area contributed by atoms with Gasteiger partial charge >= 0.3 is 6.03 Å². The van der Waals surface area contributed by atoms with E-state index in [1.54, 1.807) is 31.2 Å². The van der Waals surface area contributed by atoms with Crippen molar-refractivity contribution in [3.05, 3.63) is 75.3 Å². The molecule has 0 unspecified atom stereocenters. The summed E-state index contributed by atoms with van der Waals surface area (Å²) in [6.45, 7) is 1.28. The lowest BCUT2D eigenvalue weighted by Gasteiger charge is -2.06. The smallest absolute Gasteiger partial charge is 0.325 e. The minimum absolute atomic E-state index is 0.205. The SMILES string of the molecule is Cc1nc(NC(=O)Nc2ccc(Cl)cc2)sc1C(=O)NCc1c(F)cccc1F. The van der Waals surface area contributed by atoms with Gasteiger partial charge in [0.15, 0.2) is 5.13 Å². The fraction of sp³-hybridized carbons (Fsp3) is 0.105. The summed E-state index contributed by atoms with van der Waals surface area (Å²) in [5.74, 6) is -2.03. The maximum Gasteiger partial charge on any atom is 0.325 e. The summed E-state index contributed by atoms with van der Waals surface area (Å²) < 4.78 is 27.3. The minimum Gasteiger partial charge on any atom is -0.347 e. The quantitative estimate of drug-likeness (QED) is 0.528. The zero-order valence-corrected chi connectivity index (χ0v) is 16.6. The van der Waals surface area contributed by atoms with E-state index >= 15 is 0 Å². The van der Waals surface area contributed by atoms with Crippen LogP contribution in [0.25, 0.3) is 0 Å². The molecule has 0 spiro atoms. The van der Waals surface area contributed by atoms with Gasteiger partial charge in [0.2, 0.25) is 0 Å². The van der Waals surface area contributed by atoms with Crippen LogP contribution >= 0.6 is 22.9 Å². The molecule has 3 amide bonds. The summed E-state index contributed by atoms with van der Waals surface area (Å²) >= 11 is 6.74. The topological polar surface area (TPSA) is 83.1 Å². The summed E-state index contributed by atoms with van der Waals surface area (Å²) in [5, 5.41) is 8.35. The number of hydrogen-bond donors (Lipinski definition) is 3. The van der Waals surface area contributed by atoms with E-state index in [-0.39, 0.29) is 22.1 Å². The number of aryl methyl sites for hydroxylation is 1. The fourth-order valence-electron chi connectivity index (χ4n) is 2.40. The number of nitrogens with zero attached hydrogens (tertiary/aromatic N) is 1. The van der Waals surface area contributed by atoms with Gasteiger partial charge < -0.3 is 10.6 Å². The normalized spacial score (nSPS) is 10.5. The van der Waals surface area contributed by atoms with E-state index in [4.69, 9.17) is 11.6 Å². The third-order valence-corrected chi connectivity index (χ3v) is 5.14. The van der Waals surface area contributed by atoms with E-state index in [9.17, 15) is 18.4 Å². The van der Waals surface area contributed by atoms with Crippen molar-refractivity contribution in [1.29, 1.82) is 0 Å². The lowest BCUT2D eigenvalue weighted by atomic mass is 10.2. The van der Waals surface area contributed by atoms with E-state index in [1.807, 2.05) is 0 Å². The van der Waals surface area contributed by atoms with E-state index in [0.29, 0.717) is 16.4 Å². The maximum absolute atomic E-state index is 13.7. The average Bonchev–Trinajstić information content (AvgIpc) is 3.03. The molecule has 0 aliphatic heterocycles. The van der Waals surface area contributed by atoms with Crippen molar-refractivity contribution >= 4 is 45.7 Å². The molecular weight excluding hydrogens is 422 g/mol. The molecule has 3 aromatic rings. The van der Waals surface area contributed by atoms with Crippen molar-refractivity contribution in [2.45, 2.75) is 13.5 Å². The molecule has 10 heteroatoms. The van der Waals surface area contributed by atoms with Crippen molar-refractivity contribution in [2.75, 3.05) is 10.6 Å². The van der Waals surface area contributed by atoms with Gasteiger partial charge in [0.05, 0.1) is 5.69 Å². The second-order valence-corrected chi connectivity index (χ2v) is 7.34. The number of benzene rings is 2. The Morgan fingerprint density at radius 2 is 1.72 bits per heavy atom. The molecule has 0 aliphatic rings. The van der Waals surface area contributed by atoms with Crippen molar-refractivity contribution in [1.82, 2.24) is 10.3 Å². The molecule has 6 nitrogen and oxygen atoms in total. The standard InChI is InChI=1S/C19H15ClF2N4O2S/c1-10-16(17(27)23-9-13-14(21)3-2-4-15(13)22)29-19(24-10)26-18(28)25-12-7-5-11(20)6-8-12/h2-8H,9H2,1H3,(H,23,27)(H2,24,25,26,28). The monoisotopic (exact) mass is 436 g/mol. The van der Waals surface area contributed by atoms with Crippen molar-refractivity contribution in [3.8, 4) is 0 Å². The Morgan fingerprint density at radius 3 is 2.38 bits per heavy atom. The molecule has 3 rings (SSSR count). The number of hydrogen-bond acceptors (Lipinski definition) is 4. The van der Waals surface area contributed by atoms with Crippen LogP contribution in [-0.2, 0) is 6.54 Å². The highest BCUT2D eigenvalue weighted by molar-refractivity contribution is 7.17. The molecular formula is C19H15ClF2N4O2S. The van der Waals surface area contributed by atoms with Crippen LogP contribution in [0.15, 0.2) is 42.5 Å². The zero-order chi connectivity index (χ0) is 21.0. The maximum atomic E-state index is 13.7. The molecule has 0 bridgehead atoms. The Labute approximate surface area is 173 Å². The number of carbonyl (C=O) groups excluding carboxylic acids is 2. The van der Waals surface area contributed by atoms with Gasteiger partial charge in [0.25, 0.3) is 5.91 Å². The molecule has 1 heterocycles. The fourth-order valence-corrected chi connectivity index (χ4v) is 3.41. The first-order valence-corrected chi connectivity index (χ1v) is 9.55. The van der Waals surface area contributed by atoms with E-state index < -0.39 is 23.6 Å². The molecule has 3 N–H and O–H groups in total. The molecule has 150 valence electrons. The molecule has 0 saturated carbocycles. The molecule has 29 heavy (non-hydrogen) atoms. The zero-order valence-electron chi connectivity index (χ0n) is 15.1. The van der Waals surface area contributed by atoms with Crippen molar-refractivity contribution in [2.24, 2.45) is 0 Å². The Hall–Kier alpha value is -3.04. The first-order valence-electron chi connectivity index (χ1n) is 8.35. The molecule has 0 aliphatic carbocycles. The second kappa shape index (κ2) is 8.97. The van der Waals surface area contributed by atoms with Crippen molar-refractivity contribution < 1.29 is 18.4 Å². The summed E-state index contributed by atoms with van der Waals surface area (Å²) in [6, 6.07) is 9.47. The van der Waals surface area contributed by atoms with Crippen LogP contribution in [0, 0.1) is 18.6 Å². The molecule has 0 radical (unpaired) electrons. The molecule has 0 atom stereocenters. The third kappa shape index (κ3) is 5.27. The Balaban J connectivity index is 1.62. The number of rotatable bonds is 5. The van der Waals surface area contributed by atoms with Gasteiger partial charge in [-0.25, -0.2) is 18.6 Å². The molecule has 0 saturated heterocycles. The van der Waals surface area contributed by atoms with Gasteiger partial charge in [-0.2, -0.15) is 0 Å². The third-order valence-electron chi connectivity index (χ3n) is 3.81. The Bertz CT molecular complexity index is 1040. The predicted octanol–water partition coefficient (Wildman–Crippen LogP) is 4.96. The number of halogens is 3. The van der Waals surface area contributed by atoms with Crippen LogP contribution < -0.4 is 16.0 Å². The van der Waals surface area contributed by atoms with Gasteiger partial charge in [0.1, 0.15) is 16.5 Å². The summed E-state index contributed by atoms with van der Waals surface area (Å²) in [6.07, 6.45) is 0. The number of urea groups is 1. The highest BCUT2D eigenvalue weighted by Gasteiger charge is 2.18. The second-order valence-electron chi connectivity index (χ2n) is 5.90. The highest BCUT2D eigenvalue weighted by atomic mass is 35.5. The first-order chi connectivity index (χ1) is 13.8. The van der Waals surface area contributed by atoms with E-state index in [1.165, 1.54) is 6.07 Å². The van der Waals surface area contributed by atoms with E-state index in [0.717, 1.165) is 23.5 Å². The molecule has 1 aromatic heterocycles. The molecule has 2 aromatic carbocycles. The Morgan fingerprint density at radius 1 is 1.07 bits per heavy atom. The van der Waals surface area contributed by atoms with Crippen LogP contribution in [0.3, 0.4) is 0 Å². The Kier molecular flexibility index (Phi) is 6.40. The van der Waals surface area contributed by atoms with Crippen LogP contribution in [0.1, 0.15) is 20.9 Å². The average molecular weight is 437 g/mol. The summed E-state index contributed by atoms with van der Waals surface area (Å²) in [4.78, 5) is 28.8. The van der Waals surface area contributed by atoms with Gasteiger partial charge in [0, 0.05) is 22.8 Å². The van der Waals surface area contributed by atoms with Crippen LogP contribution in [0.2, 0.25) is 5.02 Å². The van der Waals surface area contributed by atoms with Gasteiger partial charge in [-0.05, 0) is 43.3 Å². The van der Waals surface area contributed by atoms with Gasteiger partial charge in [-0.1, -0.05) is 29.0 Å². The minimum atomic E-state index is -0.743. The summed E-state index contributed by atoms with van der Waals surface area (Å²) in [5.41, 5.74) is 0.678. The predicted molar refractivity (Wildman–Crippen MR) is 108 cm³/mol. The van der Waals surface area contributed by atoms with Crippen LogP contribution in [-0.4, -0.2) is 16.9 Å². The first kappa shape index (κ1) is 20.7. The molecule has 0 fully saturated rings. The summed E-state index contributed by atoms with van der Waals surface area (Å²) in [7, 11) is 0.